The summed E-state index contributed by atoms with van der Waals surface area (Å²) in [6.45, 7) is 9.01. The van der Waals surface area contributed by atoms with Crippen LogP contribution in [0.2, 0.25) is 0 Å². The summed E-state index contributed by atoms with van der Waals surface area (Å²) in [5.74, 6) is 0. The number of anilines is 1. The summed E-state index contributed by atoms with van der Waals surface area (Å²) in [7, 11) is 0. The number of fused-ring (bicyclic) bond motifs is 2. The minimum Gasteiger partial charge on any atom is -0.369 e. The predicted octanol–water partition coefficient (Wildman–Crippen LogP) is 5.44. The van der Waals surface area contributed by atoms with Crippen LogP contribution in [0.1, 0.15) is 25.1 Å². The molecule has 166 valence electrons. The first-order valence-electron chi connectivity index (χ1n) is 11.9. The number of aliphatic imine (C=N–C) groups is 1. The molecular weight excluding hydrogens is 406 g/mol. The molecule has 0 unspecified atom stereocenters. The molecule has 0 radical (unpaired) electrons. The number of pyridine rings is 1. The number of benzene rings is 2. The maximum atomic E-state index is 4.81. The molecule has 5 heteroatoms. The van der Waals surface area contributed by atoms with E-state index in [0.717, 1.165) is 55.4 Å². The van der Waals surface area contributed by atoms with Gasteiger partial charge in [0.15, 0.2) is 0 Å². The van der Waals surface area contributed by atoms with Crippen LogP contribution in [0.15, 0.2) is 71.9 Å². The first kappa shape index (κ1) is 20.2. The SMILES string of the molecule is CC(C)N1CCN(c2ccc3[nH]c(-c4ccc5c(c4)CC(c4ccccn4)=N5)cc3c2)CC1. The molecule has 33 heavy (non-hydrogen) atoms. The Morgan fingerprint density at radius 1 is 0.909 bits per heavy atom. The van der Waals surface area contributed by atoms with Crippen molar-refractivity contribution in [2.24, 2.45) is 4.99 Å². The molecule has 0 amide bonds. The van der Waals surface area contributed by atoms with Crippen LogP contribution in [-0.2, 0) is 6.42 Å². The van der Waals surface area contributed by atoms with Crippen LogP contribution in [-0.4, -0.2) is 52.8 Å². The van der Waals surface area contributed by atoms with Crippen molar-refractivity contribution < 1.29 is 0 Å². The first-order valence-corrected chi connectivity index (χ1v) is 11.9. The van der Waals surface area contributed by atoms with Gasteiger partial charge in [0.25, 0.3) is 0 Å². The van der Waals surface area contributed by atoms with Gasteiger partial charge in [-0.25, -0.2) is 0 Å². The molecule has 0 saturated carbocycles. The molecule has 2 aromatic carbocycles. The van der Waals surface area contributed by atoms with Gasteiger partial charge in [-0.15, -0.1) is 0 Å². The van der Waals surface area contributed by atoms with Crippen molar-refractivity contribution in [2.45, 2.75) is 26.3 Å². The second-order valence-electron chi connectivity index (χ2n) is 9.37. The van der Waals surface area contributed by atoms with Crippen LogP contribution in [0.3, 0.4) is 0 Å². The van der Waals surface area contributed by atoms with E-state index >= 15 is 0 Å². The molecule has 1 saturated heterocycles. The third-order valence-electron chi connectivity index (χ3n) is 6.98. The van der Waals surface area contributed by atoms with Gasteiger partial charge in [0, 0.05) is 67.1 Å². The van der Waals surface area contributed by atoms with Crippen LogP contribution in [0.4, 0.5) is 11.4 Å². The zero-order valence-corrected chi connectivity index (χ0v) is 19.3. The molecule has 1 N–H and O–H groups in total. The Morgan fingerprint density at radius 2 is 1.79 bits per heavy atom. The van der Waals surface area contributed by atoms with Gasteiger partial charge in [-0.1, -0.05) is 12.1 Å². The summed E-state index contributed by atoms with van der Waals surface area (Å²) in [4.78, 5) is 18.0. The number of hydrogen-bond acceptors (Lipinski definition) is 4. The van der Waals surface area contributed by atoms with E-state index in [4.69, 9.17) is 4.99 Å². The van der Waals surface area contributed by atoms with Gasteiger partial charge < -0.3 is 9.88 Å². The van der Waals surface area contributed by atoms with E-state index < -0.39 is 0 Å². The van der Waals surface area contributed by atoms with E-state index in [2.05, 4.69) is 76.1 Å². The lowest BCUT2D eigenvalue weighted by atomic mass is 10.0. The van der Waals surface area contributed by atoms with Crippen molar-refractivity contribution in [3.8, 4) is 11.3 Å². The fourth-order valence-corrected chi connectivity index (χ4v) is 5.02. The van der Waals surface area contributed by atoms with E-state index in [1.807, 2.05) is 24.4 Å². The zero-order valence-electron chi connectivity index (χ0n) is 19.3. The molecule has 6 rings (SSSR count). The molecule has 4 heterocycles. The van der Waals surface area contributed by atoms with Crippen molar-refractivity contribution in [3.63, 3.8) is 0 Å². The van der Waals surface area contributed by atoms with Crippen LogP contribution in [0.25, 0.3) is 22.2 Å². The normalized spacial score (nSPS) is 16.5. The lowest BCUT2D eigenvalue weighted by Gasteiger charge is -2.38. The minimum atomic E-state index is 0.625. The van der Waals surface area contributed by atoms with Gasteiger partial charge in [0.05, 0.1) is 17.1 Å². The molecule has 2 aliphatic heterocycles. The molecular formula is C28H29N5. The number of hydrogen-bond donors (Lipinski definition) is 1. The minimum absolute atomic E-state index is 0.625. The summed E-state index contributed by atoms with van der Waals surface area (Å²) < 4.78 is 0. The summed E-state index contributed by atoms with van der Waals surface area (Å²) >= 11 is 0. The smallest absolute Gasteiger partial charge is 0.0848 e. The molecule has 0 atom stereocenters. The fraction of sp³-hybridized carbons (Fsp3) is 0.286. The first-order chi connectivity index (χ1) is 16.1. The molecule has 0 spiro atoms. The Labute approximate surface area is 194 Å². The summed E-state index contributed by atoms with van der Waals surface area (Å²) in [5.41, 5.74) is 9.17. The van der Waals surface area contributed by atoms with E-state index in [1.165, 1.54) is 27.7 Å². The number of aromatic nitrogens is 2. The molecule has 2 aliphatic rings. The Bertz CT molecular complexity index is 1330. The monoisotopic (exact) mass is 435 g/mol. The van der Waals surface area contributed by atoms with Crippen LogP contribution in [0, 0.1) is 0 Å². The van der Waals surface area contributed by atoms with Crippen molar-refractivity contribution in [2.75, 3.05) is 31.1 Å². The second kappa shape index (κ2) is 8.16. The van der Waals surface area contributed by atoms with Gasteiger partial charge in [0.1, 0.15) is 0 Å². The lowest BCUT2D eigenvalue weighted by molar-refractivity contribution is 0.209. The van der Waals surface area contributed by atoms with Crippen molar-refractivity contribution >= 4 is 28.0 Å². The third-order valence-corrected chi connectivity index (χ3v) is 6.98. The predicted molar refractivity (Wildman–Crippen MR) is 137 cm³/mol. The highest BCUT2D eigenvalue weighted by Gasteiger charge is 2.20. The average Bonchev–Trinajstić information content (AvgIpc) is 3.48. The van der Waals surface area contributed by atoms with E-state index in [-0.39, 0.29) is 0 Å². The Morgan fingerprint density at radius 3 is 2.58 bits per heavy atom. The summed E-state index contributed by atoms with van der Waals surface area (Å²) in [6.07, 6.45) is 2.65. The standard InChI is InChI=1S/C28H29N5/c1-19(2)32-11-13-33(14-12-32)23-7-9-25-22(16-23)17-27(30-25)20-6-8-24-21(15-20)18-28(31-24)26-5-3-4-10-29-26/h3-10,15-17,19,30H,11-14,18H2,1-2H3. The quantitative estimate of drug-likeness (QED) is 0.464. The van der Waals surface area contributed by atoms with Gasteiger partial charge in [-0.2, -0.15) is 0 Å². The topological polar surface area (TPSA) is 47.5 Å². The largest absolute Gasteiger partial charge is 0.369 e. The van der Waals surface area contributed by atoms with Crippen LogP contribution < -0.4 is 4.90 Å². The van der Waals surface area contributed by atoms with Gasteiger partial charge in [-0.05, 0) is 73.5 Å². The molecule has 0 aliphatic carbocycles. The maximum Gasteiger partial charge on any atom is 0.0848 e. The highest BCUT2D eigenvalue weighted by molar-refractivity contribution is 6.05. The Balaban J connectivity index is 1.23. The van der Waals surface area contributed by atoms with E-state index in [1.54, 1.807) is 0 Å². The van der Waals surface area contributed by atoms with Gasteiger partial charge >= 0.3 is 0 Å². The number of rotatable bonds is 4. The Kier molecular flexibility index (Phi) is 4.99. The third kappa shape index (κ3) is 3.83. The molecule has 2 aromatic heterocycles. The maximum absolute atomic E-state index is 4.81. The van der Waals surface area contributed by atoms with Crippen molar-refractivity contribution in [3.05, 3.63) is 78.1 Å². The van der Waals surface area contributed by atoms with Crippen molar-refractivity contribution in [1.29, 1.82) is 0 Å². The summed E-state index contributed by atoms with van der Waals surface area (Å²) in [6, 6.07) is 22.3. The summed E-state index contributed by atoms with van der Waals surface area (Å²) in [5, 5.41) is 1.26. The number of aromatic amines is 1. The van der Waals surface area contributed by atoms with Crippen LogP contribution >= 0.6 is 0 Å². The Hall–Kier alpha value is -3.44. The highest BCUT2D eigenvalue weighted by Crippen LogP contribution is 2.34. The molecule has 0 bridgehead atoms. The van der Waals surface area contributed by atoms with Crippen LogP contribution in [0.5, 0.6) is 0 Å². The highest BCUT2D eigenvalue weighted by atomic mass is 15.3. The molecule has 1 fully saturated rings. The molecule has 4 aromatic rings. The van der Waals surface area contributed by atoms with E-state index in [9.17, 15) is 0 Å². The average molecular weight is 436 g/mol. The second-order valence-corrected chi connectivity index (χ2v) is 9.37. The number of piperazine rings is 1. The molecule has 5 nitrogen and oxygen atoms in total. The van der Waals surface area contributed by atoms with E-state index in [0.29, 0.717) is 6.04 Å². The number of H-pyrrole nitrogens is 1. The van der Waals surface area contributed by atoms with Gasteiger partial charge in [0.2, 0.25) is 0 Å². The number of nitrogens with one attached hydrogen (secondary N) is 1. The lowest BCUT2D eigenvalue weighted by Crippen LogP contribution is -2.48. The number of nitrogens with zero attached hydrogens (tertiary/aromatic N) is 4. The fourth-order valence-electron chi connectivity index (χ4n) is 5.02. The van der Waals surface area contributed by atoms with Gasteiger partial charge in [-0.3, -0.25) is 14.9 Å². The van der Waals surface area contributed by atoms with Crippen molar-refractivity contribution in [1.82, 2.24) is 14.9 Å². The zero-order chi connectivity index (χ0) is 22.4.